The first-order valence-corrected chi connectivity index (χ1v) is 6.79. The number of rotatable bonds is 2. The van der Waals surface area contributed by atoms with Gasteiger partial charge in [-0.1, -0.05) is 12.1 Å². The van der Waals surface area contributed by atoms with Crippen molar-refractivity contribution in [3.05, 3.63) is 71.2 Å². The highest BCUT2D eigenvalue weighted by molar-refractivity contribution is 6.56. The van der Waals surface area contributed by atoms with Crippen molar-refractivity contribution in [3.8, 4) is 6.07 Å². The first-order valence-electron chi connectivity index (χ1n) is 6.79. The fourth-order valence-electron chi connectivity index (χ4n) is 2.36. The third-order valence-corrected chi connectivity index (χ3v) is 3.47. The number of allylic oxidation sites excluding steroid dienone is 1. The number of nitrogens with one attached hydrogen (secondary N) is 2. The summed E-state index contributed by atoms with van der Waals surface area (Å²) in [5, 5.41) is 24.9. The molecule has 0 radical (unpaired) electrons. The molecule has 2 heterocycles. The maximum Gasteiger partial charge on any atom is 0.172 e. The Morgan fingerprint density at radius 1 is 1.04 bits per heavy atom. The molecule has 1 aliphatic rings. The minimum absolute atomic E-state index is 0.114. The number of aromatic nitrogens is 1. The smallest absolute Gasteiger partial charge is 0.172 e. The Kier molecular flexibility index (Phi) is 3.53. The van der Waals surface area contributed by atoms with Crippen LogP contribution in [0.15, 0.2) is 59.5 Å². The van der Waals surface area contributed by atoms with Crippen molar-refractivity contribution in [2.45, 2.75) is 0 Å². The number of hydrogen-bond acceptors (Lipinski definition) is 5. The first-order chi connectivity index (χ1) is 11.1. The van der Waals surface area contributed by atoms with E-state index < -0.39 is 0 Å². The van der Waals surface area contributed by atoms with Gasteiger partial charge in [-0.05, 0) is 29.8 Å². The van der Waals surface area contributed by atoms with Crippen LogP contribution in [0, 0.1) is 22.1 Å². The van der Waals surface area contributed by atoms with Crippen LogP contribution in [0.25, 0.3) is 5.57 Å². The van der Waals surface area contributed by atoms with E-state index >= 15 is 0 Å². The summed E-state index contributed by atoms with van der Waals surface area (Å²) >= 11 is 0. The Balaban J connectivity index is 2.24. The molecule has 2 aromatic rings. The first kappa shape index (κ1) is 14.4. The number of amidine groups is 1. The molecule has 0 bridgehead atoms. The molecule has 110 valence electrons. The third-order valence-electron chi connectivity index (χ3n) is 3.47. The molecule has 6 heteroatoms. The molecular weight excluding hydrogens is 288 g/mol. The van der Waals surface area contributed by atoms with Crippen LogP contribution in [0.1, 0.15) is 16.7 Å². The van der Waals surface area contributed by atoms with Gasteiger partial charge < -0.3 is 5.73 Å². The van der Waals surface area contributed by atoms with Gasteiger partial charge in [-0.3, -0.25) is 15.8 Å². The summed E-state index contributed by atoms with van der Waals surface area (Å²) in [5.74, 6) is -0.197. The van der Waals surface area contributed by atoms with Crippen molar-refractivity contribution in [1.29, 1.82) is 16.1 Å². The molecule has 1 aromatic carbocycles. The summed E-state index contributed by atoms with van der Waals surface area (Å²) in [6.45, 7) is 0. The van der Waals surface area contributed by atoms with Crippen molar-refractivity contribution >= 4 is 22.8 Å². The topological polar surface area (TPSA) is 123 Å². The highest BCUT2D eigenvalue weighted by atomic mass is 14.9. The lowest BCUT2D eigenvalue weighted by molar-refractivity contribution is 1.31. The van der Waals surface area contributed by atoms with Crippen LogP contribution in [0.4, 0.5) is 0 Å². The van der Waals surface area contributed by atoms with Crippen molar-refractivity contribution in [2.24, 2.45) is 10.7 Å². The molecule has 1 aromatic heterocycles. The number of benzene rings is 1. The summed E-state index contributed by atoms with van der Waals surface area (Å²) in [5.41, 5.74) is 9.14. The Labute approximate surface area is 132 Å². The number of nitrogens with zero attached hydrogens (tertiary/aromatic N) is 3. The summed E-state index contributed by atoms with van der Waals surface area (Å²) in [6, 6.07) is 12.6. The molecule has 0 atom stereocenters. The number of nitriles is 1. The SMILES string of the molecule is N#Cc1cccc(C2=NC(=N)C(=N)C(N)=C2c2ccncc2)c1. The van der Waals surface area contributed by atoms with Crippen molar-refractivity contribution < 1.29 is 0 Å². The Bertz CT molecular complexity index is 916. The standard InChI is InChI=1S/C17H12N6/c18-9-10-2-1-3-12(8-10)16-13(11-4-6-22-7-5-11)14(19)15(20)17(21)23-16/h1-8,20-21H,19H2. The lowest BCUT2D eigenvalue weighted by Crippen LogP contribution is -2.28. The molecule has 1 aliphatic heterocycles. The second kappa shape index (κ2) is 5.66. The molecular formula is C17H12N6. The largest absolute Gasteiger partial charge is 0.396 e. The molecule has 6 nitrogen and oxygen atoms in total. The number of nitrogens with two attached hydrogens (primary N) is 1. The Morgan fingerprint density at radius 3 is 2.48 bits per heavy atom. The molecule has 0 spiro atoms. The van der Waals surface area contributed by atoms with E-state index in [0.29, 0.717) is 22.4 Å². The molecule has 4 N–H and O–H groups in total. The molecule has 0 amide bonds. The maximum absolute atomic E-state index is 9.08. The summed E-state index contributed by atoms with van der Waals surface area (Å²) < 4.78 is 0. The van der Waals surface area contributed by atoms with E-state index in [1.165, 1.54) is 0 Å². The van der Waals surface area contributed by atoms with Crippen LogP contribution in [0.3, 0.4) is 0 Å². The maximum atomic E-state index is 9.08. The molecule has 0 saturated heterocycles. The van der Waals surface area contributed by atoms with E-state index in [2.05, 4.69) is 16.0 Å². The van der Waals surface area contributed by atoms with Crippen LogP contribution < -0.4 is 5.73 Å². The zero-order chi connectivity index (χ0) is 16.4. The van der Waals surface area contributed by atoms with Gasteiger partial charge in [-0.2, -0.15) is 5.26 Å². The van der Waals surface area contributed by atoms with E-state index in [1.54, 1.807) is 48.8 Å². The van der Waals surface area contributed by atoms with Crippen LogP contribution in [0.2, 0.25) is 0 Å². The van der Waals surface area contributed by atoms with Crippen LogP contribution in [0.5, 0.6) is 0 Å². The minimum Gasteiger partial charge on any atom is -0.396 e. The third kappa shape index (κ3) is 2.51. The number of aliphatic imine (C=N–C) groups is 1. The van der Waals surface area contributed by atoms with Gasteiger partial charge >= 0.3 is 0 Å². The van der Waals surface area contributed by atoms with Gasteiger partial charge in [0.05, 0.1) is 23.0 Å². The fraction of sp³-hybridized carbons (Fsp3) is 0. The highest BCUT2D eigenvalue weighted by Crippen LogP contribution is 2.26. The predicted molar refractivity (Wildman–Crippen MR) is 88.5 cm³/mol. The van der Waals surface area contributed by atoms with Crippen molar-refractivity contribution in [1.82, 2.24) is 4.98 Å². The normalized spacial score (nSPS) is 14.5. The van der Waals surface area contributed by atoms with Gasteiger partial charge in [-0.15, -0.1) is 0 Å². The van der Waals surface area contributed by atoms with Crippen molar-refractivity contribution in [2.75, 3.05) is 0 Å². The Morgan fingerprint density at radius 2 is 1.78 bits per heavy atom. The quantitative estimate of drug-likeness (QED) is 0.787. The van der Waals surface area contributed by atoms with Gasteiger partial charge in [-0.25, -0.2) is 4.99 Å². The lowest BCUT2D eigenvalue weighted by atomic mass is 9.90. The average Bonchev–Trinajstić information content (AvgIpc) is 2.60. The molecule has 23 heavy (non-hydrogen) atoms. The molecule has 0 fully saturated rings. The number of hydrogen-bond donors (Lipinski definition) is 3. The summed E-state index contributed by atoms with van der Waals surface area (Å²) in [6.07, 6.45) is 3.25. The second-order valence-electron chi connectivity index (χ2n) is 4.90. The monoisotopic (exact) mass is 300 g/mol. The highest BCUT2D eigenvalue weighted by Gasteiger charge is 2.25. The van der Waals surface area contributed by atoms with Gasteiger partial charge in [0.1, 0.15) is 5.71 Å². The van der Waals surface area contributed by atoms with E-state index in [0.717, 1.165) is 5.56 Å². The van der Waals surface area contributed by atoms with Crippen LogP contribution in [-0.2, 0) is 0 Å². The number of pyridine rings is 1. The number of dihydropyridines is 1. The molecule has 0 unspecified atom stereocenters. The van der Waals surface area contributed by atoms with E-state index in [9.17, 15) is 0 Å². The predicted octanol–water partition coefficient (Wildman–Crippen LogP) is 2.12. The van der Waals surface area contributed by atoms with Crippen LogP contribution >= 0.6 is 0 Å². The fourth-order valence-corrected chi connectivity index (χ4v) is 2.36. The molecule has 0 aliphatic carbocycles. The zero-order valence-electron chi connectivity index (χ0n) is 12.0. The van der Waals surface area contributed by atoms with Crippen molar-refractivity contribution in [3.63, 3.8) is 0 Å². The molecule has 0 saturated carbocycles. The van der Waals surface area contributed by atoms with Gasteiger partial charge in [0, 0.05) is 23.5 Å². The van der Waals surface area contributed by atoms with Gasteiger partial charge in [0.25, 0.3) is 0 Å². The molecule has 3 rings (SSSR count). The van der Waals surface area contributed by atoms with E-state index in [1.807, 2.05) is 0 Å². The van der Waals surface area contributed by atoms with Gasteiger partial charge in [0.15, 0.2) is 5.84 Å². The second-order valence-corrected chi connectivity index (χ2v) is 4.90. The summed E-state index contributed by atoms with van der Waals surface area (Å²) in [4.78, 5) is 8.21. The van der Waals surface area contributed by atoms with Crippen LogP contribution in [-0.4, -0.2) is 22.2 Å². The summed E-state index contributed by atoms with van der Waals surface area (Å²) in [7, 11) is 0. The minimum atomic E-state index is -0.197. The zero-order valence-corrected chi connectivity index (χ0v) is 12.0. The lowest BCUT2D eigenvalue weighted by Gasteiger charge is -2.20. The average molecular weight is 300 g/mol. The Hall–Kier alpha value is -3.59. The van der Waals surface area contributed by atoms with E-state index in [-0.39, 0.29) is 17.2 Å². The van der Waals surface area contributed by atoms with E-state index in [4.69, 9.17) is 21.8 Å². The van der Waals surface area contributed by atoms with Gasteiger partial charge in [0.2, 0.25) is 0 Å².